The minimum Gasteiger partial charge on any atom is -0.354 e. The molecule has 0 saturated carbocycles. The van der Waals surface area contributed by atoms with Crippen LogP contribution in [0.5, 0.6) is 0 Å². The van der Waals surface area contributed by atoms with Gasteiger partial charge in [-0.25, -0.2) is 0 Å². The van der Waals surface area contributed by atoms with Crippen LogP contribution in [0, 0.1) is 11.3 Å². The third-order valence-electron chi connectivity index (χ3n) is 3.98. The highest BCUT2D eigenvalue weighted by atomic mass is 16.2. The van der Waals surface area contributed by atoms with Crippen LogP contribution in [0.15, 0.2) is 0 Å². The van der Waals surface area contributed by atoms with Crippen LogP contribution in [-0.2, 0) is 9.59 Å². The van der Waals surface area contributed by atoms with E-state index in [1.165, 1.54) is 0 Å². The Labute approximate surface area is 125 Å². The average molecular weight is 293 g/mol. The maximum absolute atomic E-state index is 12.5. The van der Waals surface area contributed by atoms with Crippen molar-refractivity contribution in [2.75, 3.05) is 45.8 Å². The number of carbonyl (C=O) groups is 2. The number of amides is 2. The Hall–Kier alpha value is -1.65. The summed E-state index contributed by atoms with van der Waals surface area (Å²) >= 11 is 0. The third kappa shape index (κ3) is 4.41. The molecule has 2 heterocycles. The lowest BCUT2D eigenvalue weighted by molar-refractivity contribution is -0.137. The van der Waals surface area contributed by atoms with Crippen LogP contribution < -0.4 is 10.6 Å². The van der Waals surface area contributed by atoms with Gasteiger partial charge in [-0.3, -0.25) is 14.5 Å². The number of carbonyl (C=O) groups excluding carboxylic acids is 2. The Morgan fingerprint density at radius 3 is 2.76 bits per heavy atom. The van der Waals surface area contributed by atoms with Crippen LogP contribution in [0.1, 0.15) is 19.3 Å². The lowest BCUT2D eigenvalue weighted by Gasteiger charge is -2.32. The molecule has 116 valence electrons. The summed E-state index contributed by atoms with van der Waals surface area (Å²) in [5.41, 5.74) is 0. The van der Waals surface area contributed by atoms with Gasteiger partial charge in [-0.2, -0.15) is 5.26 Å². The minimum atomic E-state index is -0.162. The van der Waals surface area contributed by atoms with Crippen LogP contribution in [0.3, 0.4) is 0 Å². The molecule has 2 saturated heterocycles. The van der Waals surface area contributed by atoms with Crippen molar-refractivity contribution in [2.24, 2.45) is 0 Å². The molecular formula is C14H23N5O2. The normalized spacial score (nSPS) is 22.8. The predicted octanol–water partition coefficient (Wildman–Crippen LogP) is -1.09. The first-order chi connectivity index (χ1) is 10.2. The molecule has 21 heavy (non-hydrogen) atoms. The zero-order valence-corrected chi connectivity index (χ0v) is 12.3. The zero-order chi connectivity index (χ0) is 15.1. The number of likely N-dealkylation sites (tertiary alicyclic amines) is 1. The molecule has 1 unspecified atom stereocenters. The molecule has 2 aliphatic rings. The topological polar surface area (TPSA) is 88.5 Å². The summed E-state index contributed by atoms with van der Waals surface area (Å²) in [5.74, 6) is 0.0454. The van der Waals surface area contributed by atoms with E-state index in [2.05, 4.69) is 10.6 Å². The van der Waals surface area contributed by atoms with Gasteiger partial charge >= 0.3 is 0 Å². The lowest BCUT2D eigenvalue weighted by Crippen LogP contribution is -2.53. The van der Waals surface area contributed by atoms with Crippen LogP contribution in [0.25, 0.3) is 0 Å². The average Bonchev–Trinajstić information content (AvgIpc) is 2.95. The van der Waals surface area contributed by atoms with Crippen molar-refractivity contribution >= 4 is 11.8 Å². The first-order valence-electron chi connectivity index (χ1n) is 7.59. The highest BCUT2D eigenvalue weighted by Gasteiger charge is 2.34. The van der Waals surface area contributed by atoms with Gasteiger partial charge < -0.3 is 15.5 Å². The first-order valence-corrected chi connectivity index (χ1v) is 7.59. The van der Waals surface area contributed by atoms with Crippen molar-refractivity contribution in [1.82, 2.24) is 20.4 Å². The van der Waals surface area contributed by atoms with Crippen molar-refractivity contribution in [3.63, 3.8) is 0 Å². The van der Waals surface area contributed by atoms with Crippen LogP contribution in [-0.4, -0.2) is 73.5 Å². The first kappa shape index (κ1) is 15.7. The van der Waals surface area contributed by atoms with Crippen molar-refractivity contribution in [2.45, 2.75) is 25.3 Å². The van der Waals surface area contributed by atoms with Gasteiger partial charge in [0.05, 0.1) is 25.1 Å². The molecule has 7 heteroatoms. The minimum absolute atomic E-state index is 0.106. The molecule has 2 aliphatic heterocycles. The second-order valence-electron chi connectivity index (χ2n) is 5.46. The highest BCUT2D eigenvalue weighted by Crippen LogP contribution is 2.19. The Morgan fingerprint density at radius 2 is 2.05 bits per heavy atom. The zero-order valence-electron chi connectivity index (χ0n) is 12.3. The molecule has 2 fully saturated rings. The van der Waals surface area contributed by atoms with E-state index in [1.54, 1.807) is 0 Å². The van der Waals surface area contributed by atoms with Gasteiger partial charge in [0.25, 0.3) is 0 Å². The maximum Gasteiger partial charge on any atom is 0.240 e. The quantitative estimate of drug-likeness (QED) is 0.629. The van der Waals surface area contributed by atoms with E-state index in [9.17, 15) is 9.59 Å². The third-order valence-corrected chi connectivity index (χ3v) is 3.98. The number of hydrogen-bond donors (Lipinski definition) is 2. The van der Waals surface area contributed by atoms with Crippen molar-refractivity contribution in [3.8, 4) is 6.07 Å². The van der Waals surface area contributed by atoms with Gasteiger partial charge in [0, 0.05) is 32.7 Å². The lowest BCUT2D eigenvalue weighted by atomic mass is 10.1. The van der Waals surface area contributed by atoms with Gasteiger partial charge in [-0.1, -0.05) is 0 Å². The van der Waals surface area contributed by atoms with Crippen molar-refractivity contribution < 1.29 is 9.59 Å². The van der Waals surface area contributed by atoms with Crippen molar-refractivity contribution in [3.05, 3.63) is 0 Å². The fourth-order valence-electron chi connectivity index (χ4n) is 2.89. The summed E-state index contributed by atoms with van der Waals surface area (Å²) < 4.78 is 0. The van der Waals surface area contributed by atoms with E-state index in [0.717, 1.165) is 45.6 Å². The Bertz CT molecular complexity index is 414. The van der Waals surface area contributed by atoms with E-state index >= 15 is 0 Å². The SMILES string of the molecule is N#CCCNC(=O)CN1CCCC1C(=O)N1CCNCC1. The molecule has 2 amide bonds. The number of hydrogen-bond acceptors (Lipinski definition) is 5. The fourth-order valence-corrected chi connectivity index (χ4v) is 2.89. The summed E-state index contributed by atoms with van der Waals surface area (Å²) in [4.78, 5) is 28.2. The van der Waals surface area contributed by atoms with Gasteiger partial charge in [0.15, 0.2) is 0 Å². The largest absolute Gasteiger partial charge is 0.354 e. The van der Waals surface area contributed by atoms with Crippen LogP contribution >= 0.6 is 0 Å². The van der Waals surface area contributed by atoms with Gasteiger partial charge in [-0.15, -0.1) is 0 Å². The van der Waals surface area contributed by atoms with Gasteiger partial charge in [-0.05, 0) is 19.4 Å². The Morgan fingerprint density at radius 1 is 1.29 bits per heavy atom. The number of nitrogens with one attached hydrogen (secondary N) is 2. The summed E-state index contributed by atoms with van der Waals surface area (Å²) in [6.07, 6.45) is 2.09. The molecule has 0 aliphatic carbocycles. The predicted molar refractivity (Wildman–Crippen MR) is 77.3 cm³/mol. The molecule has 0 spiro atoms. The van der Waals surface area contributed by atoms with E-state index in [0.29, 0.717) is 13.0 Å². The van der Waals surface area contributed by atoms with E-state index in [1.807, 2.05) is 15.9 Å². The molecule has 1 atom stereocenters. The number of nitrogens with zero attached hydrogens (tertiary/aromatic N) is 3. The Balaban J connectivity index is 1.83. The summed E-state index contributed by atoms with van der Waals surface area (Å²) in [7, 11) is 0. The smallest absolute Gasteiger partial charge is 0.240 e. The summed E-state index contributed by atoms with van der Waals surface area (Å²) in [6.45, 7) is 4.58. The van der Waals surface area contributed by atoms with E-state index < -0.39 is 0 Å². The molecule has 0 bridgehead atoms. The Kier molecular flexibility index (Phi) is 5.96. The number of rotatable bonds is 5. The number of nitriles is 1. The van der Waals surface area contributed by atoms with Crippen LogP contribution in [0.2, 0.25) is 0 Å². The molecule has 0 aromatic rings. The van der Waals surface area contributed by atoms with E-state index in [-0.39, 0.29) is 24.4 Å². The molecular weight excluding hydrogens is 270 g/mol. The van der Waals surface area contributed by atoms with Gasteiger partial charge in [0.2, 0.25) is 11.8 Å². The molecule has 7 nitrogen and oxygen atoms in total. The molecule has 0 aromatic carbocycles. The van der Waals surface area contributed by atoms with Crippen LogP contribution in [0.4, 0.5) is 0 Å². The fraction of sp³-hybridized carbons (Fsp3) is 0.786. The second-order valence-corrected chi connectivity index (χ2v) is 5.46. The molecule has 0 aromatic heterocycles. The summed E-state index contributed by atoms with van der Waals surface area (Å²) in [6, 6.07) is 1.83. The van der Waals surface area contributed by atoms with E-state index in [4.69, 9.17) is 5.26 Å². The van der Waals surface area contributed by atoms with Gasteiger partial charge in [0.1, 0.15) is 0 Å². The number of piperazine rings is 1. The maximum atomic E-state index is 12.5. The second kappa shape index (κ2) is 7.96. The molecule has 0 radical (unpaired) electrons. The summed E-state index contributed by atoms with van der Waals surface area (Å²) in [5, 5.41) is 14.4. The monoisotopic (exact) mass is 293 g/mol. The standard InChI is InChI=1S/C14H23N5O2/c15-4-2-5-17-13(20)11-19-8-1-3-12(19)14(21)18-9-6-16-7-10-18/h12,16H,1-3,5-11H2,(H,17,20). The highest BCUT2D eigenvalue weighted by molar-refractivity contribution is 5.84. The molecule has 2 N–H and O–H groups in total. The van der Waals surface area contributed by atoms with Crippen molar-refractivity contribution in [1.29, 1.82) is 5.26 Å². The molecule has 2 rings (SSSR count).